The Bertz CT molecular complexity index is 297. The Morgan fingerprint density at radius 3 is 2.08 bits per heavy atom. The molecular weight excluding hydrogens is 388 g/mol. The molecule has 0 heterocycles. The Morgan fingerprint density at radius 1 is 1.15 bits per heavy atom. The molecule has 0 saturated carbocycles. The minimum atomic E-state index is 1.24. The predicted molar refractivity (Wildman–Crippen MR) is 76.8 cm³/mol. The number of anilines is 1. The van der Waals surface area contributed by atoms with E-state index in [1.54, 1.807) is 0 Å². The van der Waals surface area contributed by atoms with Crippen LogP contribution in [0.2, 0.25) is 0 Å². The van der Waals surface area contributed by atoms with E-state index >= 15 is 0 Å². The van der Waals surface area contributed by atoms with Crippen molar-refractivity contribution in [3.8, 4) is 0 Å². The Labute approximate surface area is 106 Å². The third kappa shape index (κ3) is 3.84. The molecule has 0 N–H and O–H groups in total. The van der Waals surface area contributed by atoms with Gasteiger partial charge in [0, 0.05) is 19.8 Å². The summed E-state index contributed by atoms with van der Waals surface area (Å²) in [6.07, 6.45) is 2.15. The molecule has 1 nitrogen and oxygen atoms in total. The molecule has 1 aromatic rings. The van der Waals surface area contributed by atoms with Gasteiger partial charge in [0.25, 0.3) is 0 Å². The van der Waals surface area contributed by atoms with Crippen LogP contribution in [0, 0.1) is 0 Å². The van der Waals surface area contributed by atoms with Crippen LogP contribution in [-0.4, -0.2) is 14.1 Å². The molecule has 1 aromatic carbocycles. The summed E-state index contributed by atoms with van der Waals surface area (Å²) >= 11 is 4.61. The lowest BCUT2D eigenvalue weighted by atomic mass is 10.2. The summed E-state index contributed by atoms with van der Waals surface area (Å²) in [4.78, 5) is 2.10. The van der Waals surface area contributed by atoms with Crippen molar-refractivity contribution in [2.75, 3.05) is 19.0 Å². The van der Waals surface area contributed by atoms with Crippen LogP contribution in [-0.2, 0) is 0 Å². The molecule has 1 rings (SSSR count). The minimum absolute atomic E-state index is 1.24. The highest BCUT2D eigenvalue weighted by atomic mass is 127. The zero-order valence-electron chi connectivity index (χ0n) is 7.59. The van der Waals surface area contributed by atoms with Gasteiger partial charge in [0.1, 0.15) is 0 Å². The smallest absolute Gasteiger partial charge is 0.0520 e. The summed E-state index contributed by atoms with van der Waals surface area (Å²) in [6.45, 7) is 0. The molecule has 0 aliphatic rings. The average molecular weight is 399 g/mol. The Kier molecular flexibility index (Phi) is 4.51. The maximum Gasteiger partial charge on any atom is 0.0520 e. The first-order valence-electron chi connectivity index (χ1n) is 3.89. The van der Waals surface area contributed by atoms with Crippen molar-refractivity contribution in [2.24, 2.45) is 0 Å². The van der Waals surface area contributed by atoms with Gasteiger partial charge in [-0.05, 0) is 69.0 Å². The van der Waals surface area contributed by atoms with E-state index < -0.39 is 0 Å². The van der Waals surface area contributed by atoms with Crippen LogP contribution in [0.25, 0.3) is 6.08 Å². The summed E-state index contributed by atoms with van der Waals surface area (Å²) in [5.74, 6) is 0. The second kappa shape index (κ2) is 5.19. The van der Waals surface area contributed by atoms with Crippen LogP contribution in [0.1, 0.15) is 5.56 Å². The van der Waals surface area contributed by atoms with E-state index in [0.29, 0.717) is 0 Å². The zero-order chi connectivity index (χ0) is 9.84. The first kappa shape index (κ1) is 11.3. The number of nitrogens with zero attached hydrogens (tertiary/aromatic N) is 1. The standard InChI is InChI=1S/C10H11I2N/c1-13(2)9-5-3-8(4-6-9)7-10(11)12/h3-7H,1-2H3. The first-order valence-corrected chi connectivity index (χ1v) is 6.05. The van der Waals surface area contributed by atoms with Crippen molar-refractivity contribution in [3.05, 3.63) is 31.4 Å². The molecule has 0 fully saturated rings. The number of benzene rings is 1. The van der Waals surface area contributed by atoms with E-state index in [4.69, 9.17) is 0 Å². The zero-order valence-corrected chi connectivity index (χ0v) is 11.9. The van der Waals surface area contributed by atoms with Gasteiger partial charge < -0.3 is 4.90 Å². The molecule has 70 valence electrons. The van der Waals surface area contributed by atoms with E-state index in [1.807, 2.05) is 14.1 Å². The van der Waals surface area contributed by atoms with Crippen molar-refractivity contribution in [1.29, 1.82) is 0 Å². The largest absolute Gasteiger partial charge is 0.378 e. The lowest BCUT2D eigenvalue weighted by Crippen LogP contribution is -2.07. The van der Waals surface area contributed by atoms with Crippen LogP contribution in [0.15, 0.2) is 25.9 Å². The molecular formula is C10H11I2N. The number of rotatable bonds is 2. The van der Waals surface area contributed by atoms with Gasteiger partial charge in [-0.2, -0.15) is 0 Å². The van der Waals surface area contributed by atoms with Crippen LogP contribution in [0.5, 0.6) is 0 Å². The second-order valence-corrected chi connectivity index (χ2v) is 7.31. The van der Waals surface area contributed by atoms with E-state index in [2.05, 4.69) is 80.4 Å². The first-order chi connectivity index (χ1) is 6.09. The Morgan fingerprint density at radius 2 is 1.69 bits per heavy atom. The Balaban J connectivity index is 2.88. The van der Waals surface area contributed by atoms with Crippen molar-refractivity contribution in [1.82, 2.24) is 0 Å². The summed E-state index contributed by atoms with van der Waals surface area (Å²) < 4.78 is 1.27. The summed E-state index contributed by atoms with van der Waals surface area (Å²) in [7, 11) is 4.10. The quantitative estimate of drug-likeness (QED) is 0.682. The number of hydrogen-bond acceptors (Lipinski definition) is 1. The third-order valence-electron chi connectivity index (χ3n) is 1.69. The molecule has 0 radical (unpaired) electrons. The molecule has 0 aliphatic heterocycles. The molecule has 3 heteroatoms. The number of halogens is 2. The topological polar surface area (TPSA) is 3.24 Å². The average Bonchev–Trinajstić information content (AvgIpc) is 2.04. The van der Waals surface area contributed by atoms with Crippen molar-refractivity contribution in [3.63, 3.8) is 0 Å². The van der Waals surface area contributed by atoms with Gasteiger partial charge in [-0.15, -0.1) is 0 Å². The van der Waals surface area contributed by atoms with E-state index in [-0.39, 0.29) is 0 Å². The lowest BCUT2D eigenvalue weighted by Gasteiger charge is -2.11. The highest BCUT2D eigenvalue weighted by Crippen LogP contribution is 2.20. The van der Waals surface area contributed by atoms with Crippen molar-refractivity contribution >= 4 is 56.9 Å². The highest BCUT2D eigenvalue weighted by Gasteiger charge is 1.93. The van der Waals surface area contributed by atoms with Gasteiger partial charge in [0.15, 0.2) is 0 Å². The maximum absolute atomic E-state index is 2.31. The van der Waals surface area contributed by atoms with Gasteiger partial charge >= 0.3 is 0 Å². The van der Waals surface area contributed by atoms with Gasteiger partial charge in [-0.3, -0.25) is 0 Å². The fourth-order valence-electron chi connectivity index (χ4n) is 0.995. The normalized spacial score (nSPS) is 9.54. The van der Waals surface area contributed by atoms with E-state index in [1.165, 1.54) is 12.8 Å². The molecule has 0 saturated heterocycles. The van der Waals surface area contributed by atoms with E-state index in [0.717, 1.165) is 0 Å². The number of hydrogen-bond donors (Lipinski definition) is 0. The highest BCUT2D eigenvalue weighted by molar-refractivity contribution is 14.2. The monoisotopic (exact) mass is 399 g/mol. The van der Waals surface area contributed by atoms with Gasteiger partial charge in [0.05, 0.1) is 1.59 Å². The molecule has 13 heavy (non-hydrogen) atoms. The molecule has 0 bridgehead atoms. The summed E-state index contributed by atoms with van der Waals surface area (Å²) in [6, 6.07) is 8.52. The molecule has 0 amide bonds. The van der Waals surface area contributed by atoms with E-state index in [9.17, 15) is 0 Å². The lowest BCUT2D eigenvalue weighted by molar-refractivity contribution is 1.13. The molecule has 0 aliphatic carbocycles. The summed E-state index contributed by atoms with van der Waals surface area (Å²) in [5, 5.41) is 0. The van der Waals surface area contributed by atoms with Gasteiger partial charge in [-0.25, -0.2) is 0 Å². The SMILES string of the molecule is CN(C)c1ccc(C=C(I)I)cc1. The van der Waals surface area contributed by atoms with Gasteiger partial charge in [0.2, 0.25) is 0 Å². The Hall–Kier alpha value is 0.220. The third-order valence-corrected chi connectivity index (χ3v) is 2.31. The van der Waals surface area contributed by atoms with Crippen molar-refractivity contribution < 1.29 is 0 Å². The minimum Gasteiger partial charge on any atom is -0.378 e. The summed E-state index contributed by atoms with van der Waals surface area (Å²) in [5.41, 5.74) is 2.49. The fourth-order valence-corrected chi connectivity index (χ4v) is 1.71. The van der Waals surface area contributed by atoms with Crippen LogP contribution in [0.3, 0.4) is 0 Å². The van der Waals surface area contributed by atoms with Crippen molar-refractivity contribution in [2.45, 2.75) is 0 Å². The molecule has 0 unspecified atom stereocenters. The predicted octanol–water partition coefficient (Wildman–Crippen LogP) is 3.92. The molecule has 0 aromatic heterocycles. The maximum atomic E-state index is 2.31. The molecule has 0 atom stereocenters. The van der Waals surface area contributed by atoms with Crippen LogP contribution in [0.4, 0.5) is 5.69 Å². The van der Waals surface area contributed by atoms with Crippen LogP contribution >= 0.6 is 45.2 Å². The van der Waals surface area contributed by atoms with Gasteiger partial charge in [-0.1, -0.05) is 12.1 Å². The fraction of sp³-hybridized carbons (Fsp3) is 0.200. The molecule has 0 spiro atoms. The van der Waals surface area contributed by atoms with Crippen LogP contribution < -0.4 is 4.90 Å². The second-order valence-electron chi connectivity index (χ2n) is 2.92.